The first-order valence-corrected chi connectivity index (χ1v) is 8.17. The number of carbonyl (C=O) groups excluding carboxylic acids is 1. The second-order valence-corrected chi connectivity index (χ2v) is 5.93. The Labute approximate surface area is 138 Å². The highest BCUT2D eigenvalue weighted by atomic mass is 16.1. The van der Waals surface area contributed by atoms with E-state index in [4.69, 9.17) is 0 Å². The van der Waals surface area contributed by atoms with Crippen molar-refractivity contribution < 1.29 is 4.79 Å². The highest BCUT2D eigenvalue weighted by Crippen LogP contribution is 2.16. The lowest BCUT2D eigenvalue weighted by Gasteiger charge is -2.09. The summed E-state index contributed by atoms with van der Waals surface area (Å²) in [7, 11) is 0. The summed E-state index contributed by atoms with van der Waals surface area (Å²) in [6.07, 6.45) is 6.86. The number of nitrogens with one attached hydrogen (secondary N) is 2. The van der Waals surface area contributed by atoms with Crippen LogP contribution in [0.15, 0.2) is 36.7 Å². The molecule has 2 N–H and O–H groups in total. The standard InChI is InChI=1S/C19H25N3O/c1-4-5-6-7-21-18-11-16(12-20-13-18)19(23)22-17-9-14(2)8-15(3)10-17/h8-13,21H,4-7H2,1-3H3,(H,22,23). The van der Waals surface area contributed by atoms with E-state index in [9.17, 15) is 4.79 Å². The summed E-state index contributed by atoms with van der Waals surface area (Å²) in [5.41, 5.74) is 4.52. The van der Waals surface area contributed by atoms with Gasteiger partial charge in [-0.05, 0) is 49.6 Å². The molecule has 0 atom stereocenters. The van der Waals surface area contributed by atoms with Gasteiger partial charge in [0.1, 0.15) is 0 Å². The van der Waals surface area contributed by atoms with Crippen molar-refractivity contribution in [1.82, 2.24) is 4.98 Å². The number of hydrogen-bond donors (Lipinski definition) is 2. The third-order valence-corrected chi connectivity index (χ3v) is 3.59. The average Bonchev–Trinajstić information content (AvgIpc) is 2.51. The van der Waals surface area contributed by atoms with E-state index < -0.39 is 0 Å². The summed E-state index contributed by atoms with van der Waals surface area (Å²) in [6.45, 7) is 7.12. The van der Waals surface area contributed by atoms with E-state index in [1.807, 2.05) is 32.0 Å². The molecule has 4 heteroatoms. The third-order valence-electron chi connectivity index (χ3n) is 3.59. The SMILES string of the molecule is CCCCCNc1cncc(C(=O)Nc2cc(C)cc(C)c2)c1. The van der Waals surface area contributed by atoms with E-state index in [-0.39, 0.29) is 5.91 Å². The molecule has 0 fully saturated rings. The molecule has 0 unspecified atom stereocenters. The zero-order valence-electron chi connectivity index (χ0n) is 14.1. The molecule has 2 rings (SSSR count). The van der Waals surface area contributed by atoms with Gasteiger partial charge < -0.3 is 10.6 Å². The van der Waals surface area contributed by atoms with Crippen LogP contribution in [0.3, 0.4) is 0 Å². The Hall–Kier alpha value is -2.36. The molecule has 0 saturated heterocycles. The zero-order chi connectivity index (χ0) is 16.7. The van der Waals surface area contributed by atoms with Crippen LogP contribution in [-0.2, 0) is 0 Å². The summed E-state index contributed by atoms with van der Waals surface area (Å²) in [4.78, 5) is 16.5. The van der Waals surface area contributed by atoms with Gasteiger partial charge in [-0.25, -0.2) is 0 Å². The van der Waals surface area contributed by atoms with E-state index in [1.54, 1.807) is 12.4 Å². The third kappa shape index (κ3) is 5.40. The maximum absolute atomic E-state index is 12.4. The van der Waals surface area contributed by atoms with Gasteiger partial charge in [0.15, 0.2) is 0 Å². The molecule has 0 bridgehead atoms. The van der Waals surface area contributed by atoms with Crippen molar-refractivity contribution in [3.05, 3.63) is 53.3 Å². The van der Waals surface area contributed by atoms with Crippen LogP contribution in [-0.4, -0.2) is 17.4 Å². The second kappa shape index (κ2) is 8.32. The van der Waals surface area contributed by atoms with Gasteiger partial charge in [0.2, 0.25) is 0 Å². The number of aromatic nitrogens is 1. The van der Waals surface area contributed by atoms with Gasteiger partial charge in [-0.1, -0.05) is 25.8 Å². The Morgan fingerprint density at radius 1 is 1.00 bits per heavy atom. The molecule has 0 radical (unpaired) electrons. The number of pyridine rings is 1. The Bertz CT molecular complexity index is 647. The average molecular weight is 311 g/mol. The molecule has 0 spiro atoms. The molecule has 0 aliphatic carbocycles. The number of rotatable bonds is 7. The summed E-state index contributed by atoms with van der Waals surface area (Å²) in [6, 6.07) is 7.85. The lowest BCUT2D eigenvalue weighted by Crippen LogP contribution is -2.13. The minimum atomic E-state index is -0.139. The number of aryl methyl sites for hydroxylation is 2. The van der Waals surface area contributed by atoms with Crippen molar-refractivity contribution in [2.75, 3.05) is 17.2 Å². The highest BCUT2D eigenvalue weighted by molar-refractivity contribution is 6.04. The van der Waals surface area contributed by atoms with Gasteiger partial charge >= 0.3 is 0 Å². The van der Waals surface area contributed by atoms with E-state index >= 15 is 0 Å². The fourth-order valence-electron chi connectivity index (χ4n) is 2.52. The van der Waals surface area contributed by atoms with Gasteiger partial charge in [0.25, 0.3) is 5.91 Å². The molecule has 1 aromatic carbocycles. The summed E-state index contributed by atoms with van der Waals surface area (Å²) < 4.78 is 0. The lowest BCUT2D eigenvalue weighted by atomic mass is 10.1. The summed E-state index contributed by atoms with van der Waals surface area (Å²) in [5, 5.41) is 6.25. The molecule has 1 heterocycles. The van der Waals surface area contributed by atoms with Crippen LogP contribution in [0.4, 0.5) is 11.4 Å². The number of benzene rings is 1. The fraction of sp³-hybridized carbons (Fsp3) is 0.368. The Morgan fingerprint density at radius 3 is 2.43 bits per heavy atom. The number of unbranched alkanes of at least 4 members (excludes halogenated alkanes) is 2. The first-order chi connectivity index (χ1) is 11.1. The van der Waals surface area contributed by atoms with Crippen molar-refractivity contribution in [3.8, 4) is 0 Å². The van der Waals surface area contributed by atoms with Gasteiger partial charge in [-0.3, -0.25) is 9.78 Å². The van der Waals surface area contributed by atoms with Gasteiger partial charge in [0, 0.05) is 24.6 Å². The second-order valence-electron chi connectivity index (χ2n) is 5.93. The molecule has 2 aromatic rings. The van der Waals surface area contributed by atoms with Gasteiger partial charge in [-0.15, -0.1) is 0 Å². The first-order valence-electron chi connectivity index (χ1n) is 8.17. The van der Waals surface area contributed by atoms with E-state index in [0.29, 0.717) is 5.56 Å². The van der Waals surface area contributed by atoms with Crippen LogP contribution in [0, 0.1) is 13.8 Å². The molecule has 23 heavy (non-hydrogen) atoms. The van der Waals surface area contributed by atoms with E-state index in [0.717, 1.165) is 35.5 Å². The predicted molar refractivity (Wildman–Crippen MR) is 96.1 cm³/mol. The maximum Gasteiger partial charge on any atom is 0.257 e. The minimum absolute atomic E-state index is 0.139. The van der Waals surface area contributed by atoms with Gasteiger partial charge in [0.05, 0.1) is 11.3 Å². The lowest BCUT2D eigenvalue weighted by molar-refractivity contribution is 0.102. The monoisotopic (exact) mass is 311 g/mol. The van der Waals surface area contributed by atoms with Crippen molar-refractivity contribution >= 4 is 17.3 Å². The number of hydrogen-bond acceptors (Lipinski definition) is 3. The van der Waals surface area contributed by atoms with Crippen molar-refractivity contribution in [1.29, 1.82) is 0 Å². The maximum atomic E-state index is 12.4. The molecular weight excluding hydrogens is 286 g/mol. The Morgan fingerprint density at radius 2 is 1.74 bits per heavy atom. The van der Waals surface area contributed by atoms with Crippen LogP contribution in [0.2, 0.25) is 0 Å². The minimum Gasteiger partial charge on any atom is -0.384 e. The number of carbonyl (C=O) groups is 1. The number of amides is 1. The van der Waals surface area contributed by atoms with E-state index in [1.165, 1.54) is 12.8 Å². The molecular formula is C19H25N3O. The predicted octanol–water partition coefficient (Wildman–Crippen LogP) is 4.55. The molecule has 0 saturated carbocycles. The van der Waals surface area contributed by atoms with E-state index in [2.05, 4.69) is 28.6 Å². The molecule has 1 aromatic heterocycles. The van der Waals surface area contributed by atoms with Crippen molar-refractivity contribution in [2.45, 2.75) is 40.0 Å². The Kier molecular flexibility index (Phi) is 6.15. The van der Waals surface area contributed by atoms with Crippen molar-refractivity contribution in [2.24, 2.45) is 0 Å². The quantitative estimate of drug-likeness (QED) is 0.737. The molecule has 1 amide bonds. The molecule has 122 valence electrons. The van der Waals surface area contributed by atoms with Crippen LogP contribution >= 0.6 is 0 Å². The highest BCUT2D eigenvalue weighted by Gasteiger charge is 2.08. The summed E-state index contributed by atoms with van der Waals surface area (Å²) in [5.74, 6) is -0.139. The molecule has 0 aliphatic heterocycles. The van der Waals surface area contributed by atoms with Crippen LogP contribution < -0.4 is 10.6 Å². The number of nitrogens with zero attached hydrogens (tertiary/aromatic N) is 1. The Balaban J connectivity index is 2.01. The smallest absolute Gasteiger partial charge is 0.257 e. The fourth-order valence-corrected chi connectivity index (χ4v) is 2.52. The van der Waals surface area contributed by atoms with Crippen molar-refractivity contribution in [3.63, 3.8) is 0 Å². The summed E-state index contributed by atoms with van der Waals surface area (Å²) >= 11 is 0. The van der Waals surface area contributed by atoms with Gasteiger partial charge in [-0.2, -0.15) is 0 Å². The first kappa shape index (κ1) is 17.0. The molecule has 4 nitrogen and oxygen atoms in total. The molecule has 0 aliphatic rings. The normalized spacial score (nSPS) is 10.4. The largest absolute Gasteiger partial charge is 0.384 e. The van der Waals surface area contributed by atoms with Crippen LogP contribution in [0.1, 0.15) is 47.7 Å². The topological polar surface area (TPSA) is 54.0 Å². The number of anilines is 2. The van der Waals surface area contributed by atoms with Crippen LogP contribution in [0.25, 0.3) is 0 Å². The van der Waals surface area contributed by atoms with Crippen LogP contribution in [0.5, 0.6) is 0 Å². The zero-order valence-corrected chi connectivity index (χ0v) is 14.1.